The molecule has 0 aromatic rings. The van der Waals surface area contributed by atoms with E-state index in [4.69, 9.17) is 9.47 Å². The van der Waals surface area contributed by atoms with E-state index in [1.54, 1.807) is 0 Å². The van der Waals surface area contributed by atoms with Crippen molar-refractivity contribution in [2.75, 3.05) is 13.2 Å². The first-order valence-corrected chi connectivity index (χ1v) is 6.36. The van der Waals surface area contributed by atoms with Crippen molar-refractivity contribution in [3.8, 4) is 0 Å². The van der Waals surface area contributed by atoms with Gasteiger partial charge in [0, 0.05) is 5.92 Å². The minimum absolute atomic E-state index is 0.0101. The van der Waals surface area contributed by atoms with Crippen LogP contribution in [0.1, 0.15) is 38.5 Å². The molecule has 0 spiro atoms. The van der Waals surface area contributed by atoms with Crippen molar-refractivity contribution in [1.29, 1.82) is 0 Å². The van der Waals surface area contributed by atoms with Crippen molar-refractivity contribution in [3.05, 3.63) is 11.6 Å². The number of allylic oxidation sites excluding steroid dienone is 1. The molecule has 0 aromatic carbocycles. The van der Waals surface area contributed by atoms with Gasteiger partial charge in [0.1, 0.15) is 0 Å². The molecule has 0 radical (unpaired) electrons. The Hall–Kier alpha value is -0.340. The van der Waals surface area contributed by atoms with E-state index in [1.165, 1.54) is 44.1 Å². The summed E-state index contributed by atoms with van der Waals surface area (Å²) in [4.78, 5) is 0. The molecule has 2 fully saturated rings. The van der Waals surface area contributed by atoms with Crippen molar-refractivity contribution in [2.45, 2.75) is 44.8 Å². The molecule has 2 nitrogen and oxygen atoms in total. The third-order valence-electron chi connectivity index (χ3n) is 4.04. The smallest absolute Gasteiger partial charge is 0.180 e. The van der Waals surface area contributed by atoms with Crippen LogP contribution in [0, 0.1) is 11.8 Å². The summed E-state index contributed by atoms with van der Waals surface area (Å²) in [5.41, 5.74) is 1.44. The molecule has 0 N–H and O–H groups in total. The molecule has 15 heavy (non-hydrogen) atoms. The first-order valence-electron chi connectivity index (χ1n) is 6.36. The SMILES string of the molecule is C1=C2C(CCC1)COC2OCC1CCC1. The van der Waals surface area contributed by atoms with E-state index in [0.717, 1.165) is 19.1 Å². The van der Waals surface area contributed by atoms with Crippen molar-refractivity contribution >= 4 is 0 Å². The Morgan fingerprint density at radius 2 is 2.20 bits per heavy atom. The number of fused-ring (bicyclic) bond motifs is 1. The van der Waals surface area contributed by atoms with Gasteiger partial charge in [-0.05, 0) is 43.6 Å². The topological polar surface area (TPSA) is 18.5 Å². The highest BCUT2D eigenvalue weighted by atomic mass is 16.7. The first-order chi connectivity index (χ1) is 7.43. The van der Waals surface area contributed by atoms with Gasteiger partial charge in [0.2, 0.25) is 0 Å². The van der Waals surface area contributed by atoms with E-state index in [1.807, 2.05) is 0 Å². The highest BCUT2D eigenvalue weighted by molar-refractivity contribution is 5.16. The van der Waals surface area contributed by atoms with Gasteiger partial charge in [-0.1, -0.05) is 12.5 Å². The normalized spacial score (nSPS) is 35.9. The summed E-state index contributed by atoms with van der Waals surface area (Å²) in [5, 5.41) is 0. The average molecular weight is 208 g/mol. The van der Waals surface area contributed by atoms with Crippen molar-refractivity contribution in [3.63, 3.8) is 0 Å². The molecule has 84 valence electrons. The van der Waals surface area contributed by atoms with E-state index in [-0.39, 0.29) is 6.29 Å². The van der Waals surface area contributed by atoms with E-state index >= 15 is 0 Å². The van der Waals surface area contributed by atoms with Gasteiger partial charge in [-0.15, -0.1) is 0 Å². The quantitative estimate of drug-likeness (QED) is 0.664. The Morgan fingerprint density at radius 1 is 1.27 bits per heavy atom. The van der Waals surface area contributed by atoms with Crippen LogP contribution in [0.15, 0.2) is 11.6 Å². The second kappa shape index (κ2) is 4.26. The molecule has 1 saturated heterocycles. The lowest BCUT2D eigenvalue weighted by Gasteiger charge is -2.27. The lowest BCUT2D eigenvalue weighted by molar-refractivity contribution is -0.109. The fraction of sp³-hybridized carbons (Fsp3) is 0.846. The second-order valence-electron chi connectivity index (χ2n) is 5.13. The average Bonchev–Trinajstić information content (AvgIpc) is 2.60. The molecule has 0 amide bonds. The van der Waals surface area contributed by atoms with Crippen LogP contribution < -0.4 is 0 Å². The number of rotatable bonds is 3. The van der Waals surface area contributed by atoms with Gasteiger partial charge in [0.05, 0.1) is 13.2 Å². The Bertz CT molecular complexity index is 255. The van der Waals surface area contributed by atoms with Crippen LogP contribution in [0.3, 0.4) is 0 Å². The van der Waals surface area contributed by atoms with Gasteiger partial charge >= 0.3 is 0 Å². The molecule has 0 bridgehead atoms. The summed E-state index contributed by atoms with van der Waals surface area (Å²) in [5.74, 6) is 1.49. The summed E-state index contributed by atoms with van der Waals surface area (Å²) >= 11 is 0. The van der Waals surface area contributed by atoms with Gasteiger partial charge in [0.15, 0.2) is 6.29 Å². The highest BCUT2D eigenvalue weighted by Crippen LogP contribution is 2.36. The molecular formula is C13H20O2. The van der Waals surface area contributed by atoms with Crippen LogP contribution in [0.25, 0.3) is 0 Å². The number of hydrogen-bond donors (Lipinski definition) is 0. The minimum Gasteiger partial charge on any atom is -0.348 e. The van der Waals surface area contributed by atoms with E-state index in [0.29, 0.717) is 5.92 Å². The Labute approximate surface area is 91.6 Å². The van der Waals surface area contributed by atoms with Gasteiger partial charge in [-0.3, -0.25) is 0 Å². The monoisotopic (exact) mass is 208 g/mol. The van der Waals surface area contributed by atoms with E-state index < -0.39 is 0 Å². The molecule has 1 aliphatic heterocycles. The Kier molecular flexibility index (Phi) is 2.80. The maximum atomic E-state index is 5.89. The third-order valence-corrected chi connectivity index (χ3v) is 4.04. The number of hydrogen-bond acceptors (Lipinski definition) is 2. The lowest BCUT2D eigenvalue weighted by Crippen LogP contribution is -2.23. The molecule has 0 aromatic heterocycles. The van der Waals surface area contributed by atoms with Crippen LogP contribution in [-0.4, -0.2) is 19.5 Å². The fourth-order valence-electron chi connectivity index (χ4n) is 2.76. The van der Waals surface area contributed by atoms with Crippen LogP contribution in [0.5, 0.6) is 0 Å². The molecule has 2 heteroatoms. The summed E-state index contributed by atoms with van der Waals surface area (Å²) in [6.45, 7) is 1.80. The number of ether oxygens (including phenoxy) is 2. The van der Waals surface area contributed by atoms with Gasteiger partial charge in [-0.2, -0.15) is 0 Å². The zero-order valence-electron chi connectivity index (χ0n) is 9.28. The van der Waals surface area contributed by atoms with Crippen molar-refractivity contribution < 1.29 is 9.47 Å². The minimum atomic E-state index is 0.0101. The van der Waals surface area contributed by atoms with Crippen molar-refractivity contribution in [1.82, 2.24) is 0 Å². The second-order valence-corrected chi connectivity index (χ2v) is 5.13. The fourth-order valence-corrected chi connectivity index (χ4v) is 2.76. The molecular weight excluding hydrogens is 188 g/mol. The first kappa shape index (κ1) is 9.86. The standard InChI is InChI=1S/C13H20O2/c1-2-7-12-11(6-1)9-15-13(12)14-8-10-4-3-5-10/h7,10-11,13H,1-6,8-9H2. The van der Waals surface area contributed by atoms with Gasteiger partial charge < -0.3 is 9.47 Å². The van der Waals surface area contributed by atoms with Crippen LogP contribution >= 0.6 is 0 Å². The van der Waals surface area contributed by atoms with Gasteiger partial charge in [-0.25, -0.2) is 0 Å². The largest absolute Gasteiger partial charge is 0.348 e. The summed E-state index contributed by atoms with van der Waals surface area (Å²) < 4.78 is 11.6. The molecule has 1 heterocycles. The van der Waals surface area contributed by atoms with Crippen molar-refractivity contribution in [2.24, 2.45) is 11.8 Å². The molecule has 1 saturated carbocycles. The molecule has 2 atom stereocenters. The van der Waals surface area contributed by atoms with E-state index in [2.05, 4.69) is 6.08 Å². The Balaban J connectivity index is 1.54. The summed E-state index contributed by atoms with van der Waals surface area (Å²) in [6, 6.07) is 0. The van der Waals surface area contributed by atoms with Gasteiger partial charge in [0.25, 0.3) is 0 Å². The maximum Gasteiger partial charge on any atom is 0.180 e. The summed E-state index contributed by atoms with van der Waals surface area (Å²) in [6.07, 6.45) is 10.3. The van der Waals surface area contributed by atoms with E-state index in [9.17, 15) is 0 Å². The third kappa shape index (κ3) is 1.98. The summed E-state index contributed by atoms with van der Waals surface area (Å²) in [7, 11) is 0. The van der Waals surface area contributed by atoms with Crippen LogP contribution in [0.2, 0.25) is 0 Å². The highest BCUT2D eigenvalue weighted by Gasteiger charge is 2.33. The van der Waals surface area contributed by atoms with Crippen LogP contribution in [-0.2, 0) is 9.47 Å². The molecule has 2 unspecified atom stereocenters. The predicted octanol–water partition coefficient (Wildman–Crippen LogP) is 2.89. The van der Waals surface area contributed by atoms with Crippen LogP contribution in [0.4, 0.5) is 0 Å². The molecule has 2 aliphatic carbocycles. The maximum absolute atomic E-state index is 5.89. The predicted molar refractivity (Wildman–Crippen MR) is 58.5 cm³/mol. The lowest BCUT2D eigenvalue weighted by atomic mass is 9.86. The molecule has 3 rings (SSSR count). The molecule has 3 aliphatic rings. The Morgan fingerprint density at radius 3 is 3.00 bits per heavy atom. The zero-order chi connectivity index (χ0) is 10.1. The zero-order valence-corrected chi connectivity index (χ0v) is 9.28.